The summed E-state index contributed by atoms with van der Waals surface area (Å²) in [6, 6.07) is 10.6. The summed E-state index contributed by atoms with van der Waals surface area (Å²) < 4.78 is 0. The first-order chi connectivity index (χ1) is 10.1. The van der Waals surface area contributed by atoms with Crippen LogP contribution < -0.4 is 16.2 Å². The van der Waals surface area contributed by atoms with Crippen LogP contribution >= 0.6 is 11.8 Å². The molecule has 0 radical (unpaired) electrons. The maximum Gasteiger partial charge on any atom is 0.253 e. The van der Waals surface area contributed by atoms with Crippen LogP contribution in [0.4, 0.5) is 11.5 Å². The molecule has 0 aliphatic heterocycles. The van der Waals surface area contributed by atoms with Crippen molar-refractivity contribution in [2.45, 2.75) is 12.1 Å². The number of amides is 1. The number of nitrogens with zero attached hydrogens (tertiary/aromatic N) is 2. The molecule has 0 aliphatic rings. The highest BCUT2D eigenvalue weighted by atomic mass is 32.2. The van der Waals surface area contributed by atoms with E-state index in [0.29, 0.717) is 11.7 Å². The molecule has 7 heteroatoms. The van der Waals surface area contributed by atoms with E-state index in [0.717, 1.165) is 17.4 Å². The first-order valence-corrected chi connectivity index (χ1v) is 7.43. The standard InChI is InChI=1S/C14H16N4O2S/c1-2-18(10-6-4-3-5-7-10)13(20)9-21-14-16-11(15)8-12(19)17-14/h3-8H,2,9H2,1H3,(H3,15,16,17,19). The molecular formula is C14H16N4O2S. The van der Waals surface area contributed by atoms with Gasteiger partial charge in [-0.05, 0) is 19.1 Å². The fourth-order valence-electron chi connectivity index (χ4n) is 1.84. The normalized spacial score (nSPS) is 10.3. The molecule has 0 saturated carbocycles. The van der Waals surface area contributed by atoms with Gasteiger partial charge in [0.1, 0.15) is 5.82 Å². The largest absolute Gasteiger partial charge is 0.383 e. The van der Waals surface area contributed by atoms with E-state index in [2.05, 4.69) is 9.97 Å². The van der Waals surface area contributed by atoms with Gasteiger partial charge in [0.25, 0.3) is 5.56 Å². The van der Waals surface area contributed by atoms with Crippen LogP contribution in [0.15, 0.2) is 46.3 Å². The number of carbonyl (C=O) groups is 1. The fourth-order valence-corrected chi connectivity index (χ4v) is 2.60. The molecule has 0 aliphatic carbocycles. The number of aromatic nitrogens is 2. The summed E-state index contributed by atoms with van der Waals surface area (Å²) in [5.74, 6) is 0.262. The van der Waals surface area contributed by atoms with Crippen molar-refractivity contribution in [2.24, 2.45) is 0 Å². The number of H-pyrrole nitrogens is 1. The molecule has 1 amide bonds. The Hall–Kier alpha value is -2.28. The molecule has 1 aromatic heterocycles. The van der Waals surface area contributed by atoms with Crippen molar-refractivity contribution in [3.05, 3.63) is 46.8 Å². The number of anilines is 2. The number of aromatic amines is 1. The van der Waals surface area contributed by atoms with Crippen LogP contribution in [-0.2, 0) is 4.79 Å². The zero-order valence-corrected chi connectivity index (χ0v) is 12.4. The van der Waals surface area contributed by atoms with Gasteiger partial charge in [0, 0.05) is 18.3 Å². The number of hydrogen-bond donors (Lipinski definition) is 2. The molecule has 0 bridgehead atoms. The van der Waals surface area contributed by atoms with Crippen molar-refractivity contribution < 1.29 is 4.79 Å². The SMILES string of the molecule is CCN(C(=O)CSc1nc(N)cc(=O)[nH]1)c1ccccc1. The third-order valence-electron chi connectivity index (χ3n) is 2.76. The Morgan fingerprint density at radius 2 is 2.10 bits per heavy atom. The molecule has 0 fully saturated rings. The topological polar surface area (TPSA) is 92.1 Å². The molecule has 1 aromatic carbocycles. The summed E-state index contributed by atoms with van der Waals surface area (Å²) in [7, 11) is 0. The quantitative estimate of drug-likeness (QED) is 0.645. The minimum absolute atomic E-state index is 0.0567. The summed E-state index contributed by atoms with van der Waals surface area (Å²) in [5, 5.41) is 0.345. The molecule has 3 N–H and O–H groups in total. The number of thioether (sulfide) groups is 1. The minimum atomic E-state index is -0.326. The first kappa shape index (κ1) is 15.1. The molecule has 1 heterocycles. The van der Waals surface area contributed by atoms with Crippen LogP contribution in [0.25, 0.3) is 0 Å². The molecule has 6 nitrogen and oxygen atoms in total. The van der Waals surface area contributed by atoms with E-state index in [9.17, 15) is 9.59 Å². The van der Waals surface area contributed by atoms with Gasteiger partial charge in [-0.1, -0.05) is 30.0 Å². The lowest BCUT2D eigenvalue weighted by Gasteiger charge is -2.20. The summed E-state index contributed by atoms with van der Waals surface area (Å²) >= 11 is 1.16. The Labute approximate surface area is 126 Å². The first-order valence-electron chi connectivity index (χ1n) is 6.45. The van der Waals surface area contributed by atoms with E-state index in [-0.39, 0.29) is 23.0 Å². The molecule has 0 saturated heterocycles. The maximum absolute atomic E-state index is 12.3. The third kappa shape index (κ3) is 4.09. The number of benzene rings is 1. The number of nitrogen functional groups attached to an aromatic ring is 1. The molecule has 0 atom stereocenters. The van der Waals surface area contributed by atoms with Gasteiger partial charge < -0.3 is 15.6 Å². The van der Waals surface area contributed by atoms with Crippen molar-refractivity contribution in [2.75, 3.05) is 22.9 Å². The van der Waals surface area contributed by atoms with E-state index < -0.39 is 0 Å². The van der Waals surface area contributed by atoms with Crippen LogP contribution in [0, 0.1) is 0 Å². The number of para-hydroxylation sites is 1. The maximum atomic E-state index is 12.3. The lowest BCUT2D eigenvalue weighted by atomic mass is 10.3. The summed E-state index contributed by atoms with van der Waals surface area (Å²) in [6.07, 6.45) is 0. The van der Waals surface area contributed by atoms with Crippen LogP contribution in [0.1, 0.15) is 6.92 Å². The molecule has 110 valence electrons. The zero-order chi connectivity index (χ0) is 15.2. The highest BCUT2D eigenvalue weighted by Gasteiger charge is 2.14. The predicted molar refractivity (Wildman–Crippen MR) is 84.5 cm³/mol. The summed E-state index contributed by atoms with van der Waals surface area (Å²) in [4.78, 5) is 31.8. The highest BCUT2D eigenvalue weighted by molar-refractivity contribution is 7.99. The predicted octanol–water partition coefficient (Wildman–Crippen LogP) is 1.50. The number of carbonyl (C=O) groups excluding carboxylic acids is 1. The van der Waals surface area contributed by atoms with Crippen molar-refractivity contribution >= 4 is 29.2 Å². The Balaban J connectivity index is 2.05. The molecule has 0 unspecified atom stereocenters. The Morgan fingerprint density at radius 3 is 2.71 bits per heavy atom. The van der Waals surface area contributed by atoms with Gasteiger partial charge in [-0.2, -0.15) is 0 Å². The van der Waals surface area contributed by atoms with Crippen LogP contribution in [0.3, 0.4) is 0 Å². The van der Waals surface area contributed by atoms with Crippen molar-refractivity contribution in [1.29, 1.82) is 0 Å². The van der Waals surface area contributed by atoms with Gasteiger partial charge in [0.05, 0.1) is 5.75 Å². The Kier molecular flexibility index (Phi) is 4.99. The third-order valence-corrected chi connectivity index (χ3v) is 3.62. The Bertz CT molecular complexity index is 672. The number of nitrogens with one attached hydrogen (secondary N) is 1. The number of rotatable bonds is 5. The van der Waals surface area contributed by atoms with Gasteiger partial charge in [-0.15, -0.1) is 0 Å². The van der Waals surface area contributed by atoms with E-state index in [4.69, 9.17) is 5.73 Å². The average molecular weight is 304 g/mol. The van der Waals surface area contributed by atoms with Gasteiger partial charge >= 0.3 is 0 Å². The fraction of sp³-hybridized carbons (Fsp3) is 0.214. The average Bonchev–Trinajstić information content (AvgIpc) is 2.46. The molecule has 2 aromatic rings. The Morgan fingerprint density at radius 1 is 1.38 bits per heavy atom. The molecular weight excluding hydrogens is 288 g/mol. The monoisotopic (exact) mass is 304 g/mol. The van der Waals surface area contributed by atoms with Crippen LogP contribution in [-0.4, -0.2) is 28.2 Å². The number of hydrogen-bond acceptors (Lipinski definition) is 5. The lowest BCUT2D eigenvalue weighted by Crippen LogP contribution is -2.32. The number of nitrogens with two attached hydrogens (primary N) is 1. The van der Waals surface area contributed by atoms with E-state index in [1.807, 2.05) is 37.3 Å². The summed E-state index contributed by atoms with van der Waals surface area (Å²) in [5.41, 5.74) is 6.02. The lowest BCUT2D eigenvalue weighted by molar-refractivity contribution is -0.116. The second kappa shape index (κ2) is 6.94. The highest BCUT2D eigenvalue weighted by Crippen LogP contribution is 2.17. The van der Waals surface area contributed by atoms with Crippen molar-refractivity contribution in [3.63, 3.8) is 0 Å². The van der Waals surface area contributed by atoms with Gasteiger partial charge in [0.2, 0.25) is 5.91 Å². The van der Waals surface area contributed by atoms with E-state index in [1.165, 1.54) is 6.07 Å². The molecule has 2 rings (SSSR count). The van der Waals surface area contributed by atoms with Gasteiger partial charge in [0.15, 0.2) is 5.16 Å². The van der Waals surface area contributed by atoms with Crippen LogP contribution in [0.5, 0.6) is 0 Å². The van der Waals surface area contributed by atoms with Gasteiger partial charge in [-0.25, -0.2) is 4.98 Å². The minimum Gasteiger partial charge on any atom is -0.383 e. The van der Waals surface area contributed by atoms with Gasteiger partial charge in [-0.3, -0.25) is 9.59 Å². The van der Waals surface area contributed by atoms with Crippen molar-refractivity contribution in [1.82, 2.24) is 9.97 Å². The van der Waals surface area contributed by atoms with Crippen molar-refractivity contribution in [3.8, 4) is 0 Å². The molecule has 21 heavy (non-hydrogen) atoms. The van der Waals surface area contributed by atoms with E-state index >= 15 is 0 Å². The second-order valence-electron chi connectivity index (χ2n) is 4.24. The van der Waals surface area contributed by atoms with Crippen LogP contribution in [0.2, 0.25) is 0 Å². The zero-order valence-electron chi connectivity index (χ0n) is 11.6. The molecule has 0 spiro atoms. The smallest absolute Gasteiger partial charge is 0.253 e. The second-order valence-corrected chi connectivity index (χ2v) is 5.20. The van der Waals surface area contributed by atoms with E-state index in [1.54, 1.807) is 4.90 Å². The summed E-state index contributed by atoms with van der Waals surface area (Å²) in [6.45, 7) is 2.49.